The molecule has 0 aliphatic heterocycles. The van der Waals surface area contributed by atoms with E-state index in [9.17, 15) is 28.8 Å². The van der Waals surface area contributed by atoms with Gasteiger partial charge >= 0.3 is 35.8 Å². The number of hydrogen-bond acceptors (Lipinski definition) is 6. The Labute approximate surface area is 134 Å². The molecule has 0 aliphatic carbocycles. The van der Waals surface area contributed by atoms with Crippen LogP contribution in [0.4, 0.5) is 0 Å². The molecule has 24 heavy (non-hydrogen) atoms. The first-order valence-corrected chi connectivity index (χ1v) is 5.89. The standard InChI is InChI=1S/2C4H6O4.C4H4O4/c3*5-3(6)1-2-4(7)8/h2*1-2H2,(H,5,6)(H,7,8);1-2H,(H,5,6)(H,7,8). The van der Waals surface area contributed by atoms with E-state index in [1.807, 2.05) is 0 Å². The molecule has 0 radical (unpaired) electrons. The Kier molecular flexibility index (Phi) is 16.9. The third kappa shape index (κ3) is 42.8. The van der Waals surface area contributed by atoms with Crippen LogP contribution in [-0.4, -0.2) is 66.5 Å². The number of carboxylic acids is 6. The van der Waals surface area contributed by atoms with E-state index in [0.717, 1.165) is 0 Å². The number of carbonyl (C=O) groups is 6. The van der Waals surface area contributed by atoms with Crippen molar-refractivity contribution in [2.75, 3.05) is 0 Å². The van der Waals surface area contributed by atoms with Gasteiger partial charge in [0.25, 0.3) is 0 Å². The largest absolute Gasteiger partial charge is 0.481 e. The highest BCUT2D eigenvalue weighted by Crippen LogP contribution is 1.86. The van der Waals surface area contributed by atoms with Crippen LogP contribution in [0.15, 0.2) is 12.2 Å². The molecule has 0 unspecified atom stereocenters. The van der Waals surface area contributed by atoms with Gasteiger partial charge in [0.2, 0.25) is 0 Å². The van der Waals surface area contributed by atoms with E-state index in [4.69, 9.17) is 30.6 Å². The fourth-order valence-corrected chi connectivity index (χ4v) is 0.570. The van der Waals surface area contributed by atoms with Gasteiger partial charge in [0.1, 0.15) is 0 Å². The van der Waals surface area contributed by atoms with Gasteiger partial charge in [0.15, 0.2) is 0 Å². The molecule has 0 aliphatic rings. The van der Waals surface area contributed by atoms with Crippen LogP contribution in [0.5, 0.6) is 0 Å². The first-order valence-electron chi connectivity index (χ1n) is 5.89. The van der Waals surface area contributed by atoms with Crippen LogP contribution in [0.1, 0.15) is 25.7 Å². The molecule has 0 saturated carbocycles. The maximum atomic E-state index is 9.64. The van der Waals surface area contributed by atoms with Crippen molar-refractivity contribution in [2.45, 2.75) is 25.7 Å². The van der Waals surface area contributed by atoms with Crippen molar-refractivity contribution in [1.82, 2.24) is 0 Å². The van der Waals surface area contributed by atoms with Crippen molar-refractivity contribution in [2.24, 2.45) is 0 Å². The molecule has 12 nitrogen and oxygen atoms in total. The van der Waals surface area contributed by atoms with Gasteiger partial charge in [0.05, 0.1) is 25.7 Å². The molecule has 12 heteroatoms. The molecule has 0 saturated heterocycles. The van der Waals surface area contributed by atoms with Crippen LogP contribution >= 0.6 is 0 Å². The lowest BCUT2D eigenvalue weighted by atomic mass is 10.3. The summed E-state index contributed by atoms with van der Waals surface area (Å²) in [5.74, 6) is -6.82. The van der Waals surface area contributed by atoms with Gasteiger partial charge in [0, 0.05) is 12.2 Å². The van der Waals surface area contributed by atoms with E-state index in [0.29, 0.717) is 12.2 Å². The van der Waals surface area contributed by atoms with Crippen molar-refractivity contribution in [3.63, 3.8) is 0 Å². The quantitative estimate of drug-likeness (QED) is 0.306. The van der Waals surface area contributed by atoms with E-state index in [1.54, 1.807) is 0 Å². The molecule has 0 fully saturated rings. The zero-order chi connectivity index (χ0) is 19.7. The average molecular weight is 352 g/mol. The summed E-state index contributed by atoms with van der Waals surface area (Å²) in [5.41, 5.74) is 0. The lowest BCUT2D eigenvalue weighted by Crippen LogP contribution is -2.00. The summed E-state index contributed by atoms with van der Waals surface area (Å²) in [7, 11) is 0. The highest BCUT2D eigenvalue weighted by Gasteiger charge is 2.01. The zero-order valence-corrected chi connectivity index (χ0v) is 12.1. The number of aliphatic carboxylic acids is 6. The minimum Gasteiger partial charge on any atom is -0.481 e. The monoisotopic (exact) mass is 352 g/mol. The van der Waals surface area contributed by atoms with Gasteiger partial charge in [-0.05, 0) is 0 Å². The molecular formula is C12H16O12. The average Bonchev–Trinajstić information content (AvgIpc) is 2.42. The molecule has 0 rings (SSSR count). The van der Waals surface area contributed by atoms with Crippen LogP contribution in [0.25, 0.3) is 0 Å². The smallest absolute Gasteiger partial charge is 0.328 e. The Morgan fingerprint density at radius 3 is 0.708 bits per heavy atom. The first kappa shape index (κ1) is 25.5. The third-order valence-corrected chi connectivity index (χ3v) is 1.47. The molecule has 136 valence electrons. The van der Waals surface area contributed by atoms with Crippen molar-refractivity contribution in [1.29, 1.82) is 0 Å². The summed E-state index contributed by atoms with van der Waals surface area (Å²) < 4.78 is 0. The van der Waals surface area contributed by atoms with Crippen LogP contribution < -0.4 is 0 Å². The molecule has 0 atom stereocenters. The van der Waals surface area contributed by atoms with Gasteiger partial charge < -0.3 is 30.6 Å². The molecule has 6 N–H and O–H groups in total. The normalized spacial score (nSPS) is 8.83. The second-order valence-corrected chi connectivity index (χ2v) is 3.58. The summed E-state index contributed by atoms with van der Waals surface area (Å²) in [6.07, 6.45) is -0.0694. The molecule has 0 aromatic rings. The molecular weight excluding hydrogens is 336 g/mol. The lowest BCUT2D eigenvalue weighted by Gasteiger charge is -1.85. The molecule has 0 spiro atoms. The fourth-order valence-electron chi connectivity index (χ4n) is 0.570. The van der Waals surface area contributed by atoms with Gasteiger partial charge in [-0.1, -0.05) is 0 Å². The van der Waals surface area contributed by atoms with E-state index in [2.05, 4.69) is 0 Å². The number of hydrogen-bond donors (Lipinski definition) is 6. The first-order chi connectivity index (χ1) is 10.9. The second-order valence-electron chi connectivity index (χ2n) is 3.58. The molecule has 0 heterocycles. The van der Waals surface area contributed by atoms with Crippen LogP contribution in [0.2, 0.25) is 0 Å². The summed E-state index contributed by atoms with van der Waals surface area (Å²) in [4.78, 5) is 57.7. The highest BCUT2D eigenvalue weighted by molar-refractivity contribution is 5.89. The fraction of sp³-hybridized carbons (Fsp3) is 0.333. The van der Waals surface area contributed by atoms with Crippen LogP contribution in [0.3, 0.4) is 0 Å². The topological polar surface area (TPSA) is 224 Å². The predicted molar refractivity (Wildman–Crippen MR) is 73.4 cm³/mol. The SMILES string of the molecule is O=C(O)C=CC(=O)O.O=C(O)CCC(=O)O.O=C(O)CCC(=O)O. The molecule has 0 aromatic heterocycles. The van der Waals surface area contributed by atoms with Crippen molar-refractivity contribution < 1.29 is 59.4 Å². The van der Waals surface area contributed by atoms with Crippen molar-refractivity contribution >= 4 is 35.8 Å². The lowest BCUT2D eigenvalue weighted by molar-refractivity contribution is -0.143. The highest BCUT2D eigenvalue weighted by atomic mass is 16.4. The van der Waals surface area contributed by atoms with Gasteiger partial charge in [-0.25, -0.2) is 9.59 Å². The number of rotatable bonds is 8. The van der Waals surface area contributed by atoms with Crippen molar-refractivity contribution in [3.8, 4) is 0 Å². The molecule has 0 bridgehead atoms. The summed E-state index contributed by atoms with van der Waals surface area (Å²) in [6.45, 7) is 0. The summed E-state index contributed by atoms with van der Waals surface area (Å²) in [6, 6.07) is 0. The van der Waals surface area contributed by atoms with E-state index in [-0.39, 0.29) is 25.7 Å². The van der Waals surface area contributed by atoms with E-state index < -0.39 is 35.8 Å². The Morgan fingerprint density at radius 2 is 0.625 bits per heavy atom. The van der Waals surface area contributed by atoms with E-state index >= 15 is 0 Å². The summed E-state index contributed by atoms with van der Waals surface area (Å²) in [5, 5.41) is 47.2. The Balaban J connectivity index is -0.000000276. The molecule has 0 aromatic carbocycles. The number of carboxylic acid groups (broad SMARTS) is 6. The Hall–Kier alpha value is -3.44. The third-order valence-electron chi connectivity index (χ3n) is 1.47. The van der Waals surface area contributed by atoms with Gasteiger partial charge in [-0.2, -0.15) is 0 Å². The maximum absolute atomic E-state index is 9.64. The van der Waals surface area contributed by atoms with Crippen molar-refractivity contribution in [3.05, 3.63) is 12.2 Å². The Bertz CT molecular complexity index is 418. The van der Waals surface area contributed by atoms with Crippen LogP contribution in [-0.2, 0) is 28.8 Å². The minimum atomic E-state index is -1.26. The maximum Gasteiger partial charge on any atom is 0.328 e. The summed E-state index contributed by atoms with van der Waals surface area (Å²) >= 11 is 0. The molecule has 0 amide bonds. The van der Waals surface area contributed by atoms with E-state index in [1.165, 1.54) is 0 Å². The zero-order valence-electron chi connectivity index (χ0n) is 12.1. The van der Waals surface area contributed by atoms with Crippen LogP contribution in [0, 0.1) is 0 Å². The second kappa shape index (κ2) is 15.9. The van der Waals surface area contributed by atoms with Gasteiger partial charge in [-0.3, -0.25) is 19.2 Å². The van der Waals surface area contributed by atoms with Gasteiger partial charge in [-0.15, -0.1) is 0 Å². The Morgan fingerprint density at radius 1 is 0.458 bits per heavy atom. The minimum absolute atomic E-state index is 0.296. The predicted octanol–water partition coefficient (Wildman–Crippen LogP) is -0.417.